The third-order valence-electron chi connectivity index (χ3n) is 2.16. The first kappa shape index (κ1) is 12.0. The van der Waals surface area contributed by atoms with E-state index in [4.69, 9.17) is 4.42 Å². The average molecular weight is 245 g/mol. The minimum atomic E-state index is -0.342. The molecule has 92 valence electrons. The summed E-state index contributed by atoms with van der Waals surface area (Å²) in [5.74, 6) is -0.150. The molecule has 1 N–H and O–H groups in total. The van der Waals surface area contributed by atoms with E-state index in [0.717, 1.165) is 0 Å². The Hall–Kier alpha value is -2.50. The number of nitrogens with zero attached hydrogens (tertiary/aromatic N) is 2. The van der Waals surface area contributed by atoms with Crippen LogP contribution >= 0.6 is 0 Å². The second kappa shape index (κ2) is 5.22. The number of aromatic nitrogens is 2. The maximum Gasteiger partial charge on any atom is 0.247 e. The molecule has 1 heterocycles. The van der Waals surface area contributed by atoms with Crippen molar-refractivity contribution in [1.29, 1.82) is 0 Å². The molecule has 0 aliphatic carbocycles. The molecule has 0 radical (unpaired) electrons. The quantitative estimate of drug-likeness (QED) is 0.828. The maximum atomic E-state index is 11.4. The number of Topliss-reactive ketones (excluding diaryl/α,β-unsaturated/α-hetero) is 1. The number of ketones is 1. The van der Waals surface area contributed by atoms with Crippen LogP contribution in [0.3, 0.4) is 0 Å². The standard InChI is InChI=1S/C12H11N3O3/c1-8(16)5-11(17)14-10-4-2-3-9(6-10)12-15-13-7-18-12/h2-4,6-7H,5H2,1H3,(H,14,17). The van der Waals surface area contributed by atoms with Gasteiger partial charge in [0.15, 0.2) is 0 Å². The maximum absolute atomic E-state index is 11.4. The van der Waals surface area contributed by atoms with Crippen molar-refractivity contribution in [3.8, 4) is 11.5 Å². The van der Waals surface area contributed by atoms with Gasteiger partial charge < -0.3 is 9.73 Å². The lowest BCUT2D eigenvalue weighted by Crippen LogP contribution is -2.14. The summed E-state index contributed by atoms with van der Waals surface area (Å²) in [4.78, 5) is 22.2. The summed E-state index contributed by atoms with van der Waals surface area (Å²) in [5.41, 5.74) is 1.28. The first-order chi connectivity index (χ1) is 8.65. The van der Waals surface area contributed by atoms with E-state index in [1.54, 1.807) is 24.3 Å². The molecule has 1 aromatic carbocycles. The molecule has 0 spiro atoms. The van der Waals surface area contributed by atoms with Crippen molar-refractivity contribution in [3.63, 3.8) is 0 Å². The van der Waals surface area contributed by atoms with E-state index >= 15 is 0 Å². The fraction of sp³-hybridized carbons (Fsp3) is 0.167. The van der Waals surface area contributed by atoms with Gasteiger partial charge in [0.05, 0.1) is 6.42 Å². The van der Waals surface area contributed by atoms with Crippen LogP contribution in [0.4, 0.5) is 5.69 Å². The zero-order valence-corrected chi connectivity index (χ0v) is 9.71. The number of nitrogens with one attached hydrogen (secondary N) is 1. The Bertz CT molecular complexity index is 564. The highest BCUT2D eigenvalue weighted by atomic mass is 16.4. The van der Waals surface area contributed by atoms with E-state index in [2.05, 4.69) is 15.5 Å². The predicted octanol–water partition coefficient (Wildman–Crippen LogP) is 1.65. The lowest BCUT2D eigenvalue weighted by atomic mass is 10.2. The molecule has 6 nitrogen and oxygen atoms in total. The topological polar surface area (TPSA) is 85.1 Å². The SMILES string of the molecule is CC(=O)CC(=O)Nc1cccc(-c2nnco2)c1. The largest absolute Gasteiger partial charge is 0.423 e. The number of anilines is 1. The molecule has 0 saturated carbocycles. The van der Waals surface area contributed by atoms with Crippen LogP contribution < -0.4 is 5.32 Å². The molecule has 2 rings (SSSR count). The minimum Gasteiger partial charge on any atom is -0.423 e. The summed E-state index contributed by atoms with van der Waals surface area (Å²) in [6, 6.07) is 6.96. The average Bonchev–Trinajstić information content (AvgIpc) is 2.81. The van der Waals surface area contributed by atoms with Crippen molar-refractivity contribution in [2.75, 3.05) is 5.32 Å². The van der Waals surface area contributed by atoms with Crippen LogP contribution in [0.2, 0.25) is 0 Å². The fourth-order valence-corrected chi connectivity index (χ4v) is 1.46. The van der Waals surface area contributed by atoms with Crippen LogP contribution in [0, 0.1) is 0 Å². The molecule has 0 atom stereocenters. The smallest absolute Gasteiger partial charge is 0.247 e. The van der Waals surface area contributed by atoms with Gasteiger partial charge in [0.2, 0.25) is 18.2 Å². The molecule has 0 aliphatic rings. The molecule has 0 bridgehead atoms. The summed E-state index contributed by atoms with van der Waals surface area (Å²) >= 11 is 0. The fourth-order valence-electron chi connectivity index (χ4n) is 1.46. The minimum absolute atomic E-state index is 0.134. The first-order valence-electron chi connectivity index (χ1n) is 5.31. The van der Waals surface area contributed by atoms with Gasteiger partial charge in [-0.2, -0.15) is 0 Å². The van der Waals surface area contributed by atoms with Crippen molar-refractivity contribution in [1.82, 2.24) is 10.2 Å². The lowest BCUT2D eigenvalue weighted by Gasteiger charge is -2.04. The summed E-state index contributed by atoms with van der Waals surface area (Å²) in [5, 5.41) is 9.98. The van der Waals surface area contributed by atoms with E-state index in [1.165, 1.54) is 13.3 Å². The Labute approximate surface area is 103 Å². The number of hydrogen-bond acceptors (Lipinski definition) is 5. The van der Waals surface area contributed by atoms with Crippen molar-refractivity contribution >= 4 is 17.4 Å². The van der Waals surface area contributed by atoms with Crippen LogP contribution in [-0.2, 0) is 9.59 Å². The van der Waals surface area contributed by atoms with E-state index in [0.29, 0.717) is 17.1 Å². The monoisotopic (exact) mass is 245 g/mol. The molecular weight excluding hydrogens is 234 g/mol. The van der Waals surface area contributed by atoms with E-state index in [1.807, 2.05) is 0 Å². The Morgan fingerprint density at radius 2 is 2.22 bits per heavy atom. The van der Waals surface area contributed by atoms with Crippen LogP contribution in [0.5, 0.6) is 0 Å². The third kappa shape index (κ3) is 3.00. The van der Waals surface area contributed by atoms with Crippen molar-refractivity contribution in [2.24, 2.45) is 0 Å². The molecule has 6 heteroatoms. The van der Waals surface area contributed by atoms with Gasteiger partial charge in [-0.1, -0.05) is 6.07 Å². The van der Waals surface area contributed by atoms with Crippen molar-refractivity contribution in [3.05, 3.63) is 30.7 Å². The number of hydrogen-bond donors (Lipinski definition) is 1. The second-order valence-electron chi connectivity index (χ2n) is 3.75. The normalized spacial score (nSPS) is 10.1. The van der Waals surface area contributed by atoms with Gasteiger partial charge >= 0.3 is 0 Å². The number of carbonyl (C=O) groups excluding carboxylic acids is 2. The van der Waals surface area contributed by atoms with Crippen molar-refractivity contribution < 1.29 is 14.0 Å². The summed E-state index contributed by atoms with van der Waals surface area (Å²) in [6.45, 7) is 1.37. The Kier molecular flexibility index (Phi) is 3.47. The van der Waals surface area contributed by atoms with Gasteiger partial charge in [0.1, 0.15) is 5.78 Å². The Morgan fingerprint density at radius 1 is 1.39 bits per heavy atom. The summed E-state index contributed by atoms with van der Waals surface area (Å²) in [7, 11) is 0. The molecule has 1 amide bonds. The molecule has 0 saturated heterocycles. The third-order valence-corrected chi connectivity index (χ3v) is 2.16. The van der Waals surface area contributed by atoms with Gasteiger partial charge in [-0.25, -0.2) is 0 Å². The molecular formula is C12H11N3O3. The summed E-state index contributed by atoms with van der Waals surface area (Å²) < 4.78 is 5.06. The molecule has 0 fully saturated rings. The zero-order chi connectivity index (χ0) is 13.0. The number of rotatable bonds is 4. The van der Waals surface area contributed by atoms with Crippen molar-refractivity contribution in [2.45, 2.75) is 13.3 Å². The van der Waals surface area contributed by atoms with E-state index in [9.17, 15) is 9.59 Å². The predicted molar refractivity (Wildman–Crippen MR) is 63.7 cm³/mol. The first-order valence-corrected chi connectivity index (χ1v) is 5.31. The lowest BCUT2D eigenvalue weighted by molar-refractivity contribution is -0.124. The second-order valence-corrected chi connectivity index (χ2v) is 3.75. The zero-order valence-electron chi connectivity index (χ0n) is 9.71. The number of amides is 1. The van der Waals surface area contributed by atoms with E-state index < -0.39 is 0 Å². The number of carbonyl (C=O) groups is 2. The van der Waals surface area contributed by atoms with Gasteiger partial charge in [-0.15, -0.1) is 10.2 Å². The Balaban J connectivity index is 2.13. The highest BCUT2D eigenvalue weighted by Crippen LogP contribution is 2.20. The van der Waals surface area contributed by atoms with Gasteiger partial charge in [0.25, 0.3) is 0 Å². The van der Waals surface area contributed by atoms with Crippen LogP contribution in [0.1, 0.15) is 13.3 Å². The molecule has 1 aromatic heterocycles. The highest BCUT2D eigenvalue weighted by Gasteiger charge is 2.08. The highest BCUT2D eigenvalue weighted by molar-refractivity contribution is 6.03. The molecule has 2 aromatic rings. The van der Waals surface area contributed by atoms with Gasteiger partial charge in [0, 0.05) is 11.3 Å². The Morgan fingerprint density at radius 3 is 2.89 bits per heavy atom. The van der Waals surface area contributed by atoms with Crippen LogP contribution in [0.15, 0.2) is 35.1 Å². The van der Waals surface area contributed by atoms with Crippen LogP contribution in [0.25, 0.3) is 11.5 Å². The van der Waals surface area contributed by atoms with Crippen LogP contribution in [-0.4, -0.2) is 21.9 Å². The number of benzene rings is 1. The van der Waals surface area contributed by atoms with E-state index in [-0.39, 0.29) is 18.1 Å². The molecule has 0 aliphatic heterocycles. The molecule has 18 heavy (non-hydrogen) atoms. The van der Waals surface area contributed by atoms with Gasteiger partial charge in [-0.05, 0) is 25.1 Å². The van der Waals surface area contributed by atoms with Gasteiger partial charge in [-0.3, -0.25) is 9.59 Å². The molecule has 0 unspecified atom stereocenters. The summed E-state index contributed by atoms with van der Waals surface area (Å²) in [6.07, 6.45) is 1.10.